The van der Waals surface area contributed by atoms with E-state index in [1.54, 1.807) is 0 Å². The van der Waals surface area contributed by atoms with E-state index < -0.39 is 0 Å². The number of fused-ring (bicyclic) bond motifs is 1. The minimum absolute atomic E-state index is 0.351. The molecule has 0 radical (unpaired) electrons. The number of rotatable bonds is 0. The number of nitrogens with two attached hydrogens (primary N) is 1. The van der Waals surface area contributed by atoms with Crippen LogP contribution >= 0.6 is 0 Å². The predicted molar refractivity (Wildman–Crippen MR) is 42.9 cm³/mol. The molecular weight excluding hydrogens is 134 g/mol. The zero-order chi connectivity index (χ0) is 7.27. The summed E-state index contributed by atoms with van der Waals surface area (Å²) in [6.07, 6.45) is 7.34. The number of hydrogen-bond acceptors (Lipinski definition) is 1. The summed E-state index contributed by atoms with van der Waals surface area (Å²) in [5.74, 6) is 3.19. The van der Waals surface area contributed by atoms with Crippen LogP contribution in [0.3, 0.4) is 0 Å². The molecular formula is C10H15N. The standard InChI is InChI=1S/C10H15N/c11-9-3-6-1-7-2-8(5-9)10(7,9)4-6/h6-8H,1-5,11H2. The van der Waals surface area contributed by atoms with Crippen molar-refractivity contribution >= 4 is 0 Å². The summed E-state index contributed by atoms with van der Waals surface area (Å²) in [5.41, 5.74) is 7.48. The summed E-state index contributed by atoms with van der Waals surface area (Å²) < 4.78 is 0. The van der Waals surface area contributed by atoms with Crippen LogP contribution in [-0.4, -0.2) is 5.54 Å². The maximum Gasteiger partial charge on any atom is 0.0222 e. The Labute approximate surface area is 67.3 Å². The minimum Gasteiger partial charge on any atom is -0.325 e. The van der Waals surface area contributed by atoms with Crippen LogP contribution in [0.2, 0.25) is 0 Å². The third-order valence-electron chi connectivity index (χ3n) is 5.46. The molecule has 1 heteroatoms. The molecule has 0 heterocycles. The van der Waals surface area contributed by atoms with E-state index in [0.29, 0.717) is 5.54 Å². The SMILES string of the molecule is NC12CC3CC4CC(C1)C42C3. The van der Waals surface area contributed by atoms with Crippen molar-refractivity contribution in [1.82, 2.24) is 0 Å². The van der Waals surface area contributed by atoms with Crippen LogP contribution in [0.5, 0.6) is 0 Å². The third-order valence-corrected chi connectivity index (χ3v) is 5.46. The molecule has 0 aromatic rings. The molecule has 4 aliphatic carbocycles. The van der Waals surface area contributed by atoms with Gasteiger partial charge in [-0.2, -0.15) is 0 Å². The molecule has 60 valence electrons. The quantitative estimate of drug-likeness (QED) is 0.555. The molecule has 0 saturated heterocycles. The van der Waals surface area contributed by atoms with Gasteiger partial charge in [-0.25, -0.2) is 0 Å². The van der Waals surface area contributed by atoms with E-state index in [-0.39, 0.29) is 0 Å². The van der Waals surface area contributed by atoms with Gasteiger partial charge in [-0.05, 0) is 55.3 Å². The van der Waals surface area contributed by atoms with Crippen LogP contribution in [0, 0.1) is 23.2 Å². The summed E-state index contributed by atoms with van der Waals surface area (Å²) in [4.78, 5) is 0. The van der Waals surface area contributed by atoms with Gasteiger partial charge < -0.3 is 5.73 Å². The second-order valence-corrected chi connectivity index (χ2v) is 5.54. The number of hydrogen-bond donors (Lipinski definition) is 1. The normalized spacial score (nSPS) is 75.5. The summed E-state index contributed by atoms with van der Waals surface area (Å²) in [6.45, 7) is 0. The Hall–Kier alpha value is -0.0400. The fraction of sp³-hybridized carbons (Fsp3) is 1.00. The summed E-state index contributed by atoms with van der Waals surface area (Å²) >= 11 is 0. The van der Waals surface area contributed by atoms with Crippen molar-refractivity contribution in [1.29, 1.82) is 0 Å². The van der Waals surface area contributed by atoms with Crippen molar-refractivity contribution in [3.05, 3.63) is 0 Å². The molecule has 1 spiro atoms. The Balaban J connectivity index is 1.92. The fourth-order valence-corrected chi connectivity index (χ4v) is 5.26. The highest BCUT2D eigenvalue weighted by atomic mass is 15.0. The maximum absolute atomic E-state index is 6.40. The first-order chi connectivity index (χ1) is 5.25. The van der Waals surface area contributed by atoms with Crippen LogP contribution in [0.15, 0.2) is 0 Å². The van der Waals surface area contributed by atoms with E-state index in [9.17, 15) is 0 Å². The van der Waals surface area contributed by atoms with Gasteiger partial charge in [-0.15, -0.1) is 0 Å². The molecule has 5 unspecified atom stereocenters. The first-order valence-electron chi connectivity index (χ1n) is 5.03. The summed E-state index contributed by atoms with van der Waals surface area (Å²) in [5, 5.41) is 0. The lowest BCUT2D eigenvalue weighted by Crippen LogP contribution is -2.74. The van der Waals surface area contributed by atoms with Gasteiger partial charge in [0.2, 0.25) is 0 Å². The molecule has 2 bridgehead atoms. The minimum atomic E-state index is 0.351. The second kappa shape index (κ2) is 1.19. The Bertz CT molecular complexity index is 249. The van der Waals surface area contributed by atoms with Gasteiger partial charge >= 0.3 is 0 Å². The zero-order valence-electron chi connectivity index (χ0n) is 6.84. The maximum atomic E-state index is 6.40. The Morgan fingerprint density at radius 3 is 2.45 bits per heavy atom. The zero-order valence-corrected chi connectivity index (χ0v) is 6.84. The third kappa shape index (κ3) is 0.327. The van der Waals surface area contributed by atoms with Gasteiger partial charge in [-0.3, -0.25) is 0 Å². The predicted octanol–water partition coefficient (Wildman–Crippen LogP) is 1.52. The van der Waals surface area contributed by atoms with Crippen molar-refractivity contribution in [3.63, 3.8) is 0 Å². The molecule has 4 rings (SSSR count). The highest BCUT2D eigenvalue weighted by Crippen LogP contribution is 2.81. The first-order valence-corrected chi connectivity index (χ1v) is 5.03. The highest BCUT2D eigenvalue weighted by Gasteiger charge is 2.79. The molecule has 2 N–H and O–H groups in total. The molecule has 1 nitrogen and oxygen atoms in total. The average Bonchev–Trinajstić information content (AvgIpc) is 2.34. The van der Waals surface area contributed by atoms with Gasteiger partial charge in [0.1, 0.15) is 0 Å². The highest BCUT2D eigenvalue weighted by molar-refractivity contribution is 5.31. The monoisotopic (exact) mass is 149 g/mol. The van der Waals surface area contributed by atoms with E-state index in [1.807, 2.05) is 0 Å². The molecule has 4 aliphatic rings. The lowest BCUT2D eigenvalue weighted by atomic mass is 9.35. The Morgan fingerprint density at radius 2 is 1.91 bits per heavy atom. The smallest absolute Gasteiger partial charge is 0.0222 e. The van der Waals surface area contributed by atoms with Crippen molar-refractivity contribution in [2.75, 3.05) is 0 Å². The van der Waals surface area contributed by atoms with Crippen LogP contribution < -0.4 is 5.73 Å². The second-order valence-electron chi connectivity index (χ2n) is 5.54. The first kappa shape index (κ1) is 5.58. The van der Waals surface area contributed by atoms with Gasteiger partial charge in [0.25, 0.3) is 0 Å². The van der Waals surface area contributed by atoms with E-state index in [0.717, 1.165) is 23.2 Å². The van der Waals surface area contributed by atoms with Crippen molar-refractivity contribution in [3.8, 4) is 0 Å². The van der Waals surface area contributed by atoms with E-state index in [1.165, 1.54) is 32.1 Å². The lowest BCUT2D eigenvalue weighted by molar-refractivity contribution is -0.191. The summed E-state index contributed by atoms with van der Waals surface area (Å²) in [7, 11) is 0. The molecule has 0 aromatic carbocycles. The van der Waals surface area contributed by atoms with Crippen LogP contribution in [0.25, 0.3) is 0 Å². The van der Waals surface area contributed by atoms with Crippen molar-refractivity contribution in [2.24, 2.45) is 28.9 Å². The Kier molecular flexibility index (Phi) is 0.602. The molecule has 11 heavy (non-hydrogen) atoms. The van der Waals surface area contributed by atoms with E-state index in [2.05, 4.69) is 0 Å². The van der Waals surface area contributed by atoms with Crippen LogP contribution in [-0.2, 0) is 0 Å². The Morgan fingerprint density at radius 1 is 1.00 bits per heavy atom. The fourth-order valence-electron chi connectivity index (χ4n) is 5.26. The van der Waals surface area contributed by atoms with Crippen molar-refractivity contribution in [2.45, 2.75) is 37.6 Å². The molecule has 0 amide bonds. The van der Waals surface area contributed by atoms with E-state index in [4.69, 9.17) is 5.73 Å². The molecule has 5 atom stereocenters. The molecule has 0 aromatic heterocycles. The average molecular weight is 149 g/mol. The van der Waals surface area contributed by atoms with Gasteiger partial charge in [0.05, 0.1) is 0 Å². The summed E-state index contributed by atoms with van der Waals surface area (Å²) in [6, 6.07) is 0. The molecule has 0 aliphatic heterocycles. The van der Waals surface area contributed by atoms with Gasteiger partial charge in [0, 0.05) is 5.54 Å². The van der Waals surface area contributed by atoms with Gasteiger partial charge in [0.15, 0.2) is 0 Å². The molecule has 4 saturated carbocycles. The van der Waals surface area contributed by atoms with Crippen LogP contribution in [0.4, 0.5) is 0 Å². The topological polar surface area (TPSA) is 26.0 Å². The van der Waals surface area contributed by atoms with Crippen LogP contribution in [0.1, 0.15) is 32.1 Å². The van der Waals surface area contributed by atoms with Gasteiger partial charge in [-0.1, -0.05) is 0 Å². The van der Waals surface area contributed by atoms with Crippen molar-refractivity contribution < 1.29 is 0 Å². The van der Waals surface area contributed by atoms with E-state index >= 15 is 0 Å². The largest absolute Gasteiger partial charge is 0.325 e. The lowest BCUT2D eigenvalue weighted by Gasteiger charge is -2.71. The molecule has 4 fully saturated rings.